The van der Waals surface area contributed by atoms with Crippen LogP contribution < -0.4 is 5.32 Å². The van der Waals surface area contributed by atoms with Gasteiger partial charge in [-0.25, -0.2) is 4.79 Å². The van der Waals surface area contributed by atoms with Crippen LogP contribution >= 0.6 is 0 Å². The van der Waals surface area contributed by atoms with E-state index in [0.29, 0.717) is 0 Å². The maximum atomic E-state index is 10.2. The van der Waals surface area contributed by atoms with Crippen molar-refractivity contribution in [1.82, 2.24) is 20.0 Å². The highest BCUT2D eigenvalue weighted by Gasteiger charge is 2.04. The van der Waals surface area contributed by atoms with Gasteiger partial charge in [-0.15, -0.1) is 0 Å². The number of carbonyl (C=O) groups excluding carboxylic acids is 1. The fourth-order valence-electron chi connectivity index (χ4n) is 2.55. The first kappa shape index (κ1) is 27.1. The fraction of sp³-hybridized carbons (Fsp3) is 0.950. The molecule has 0 aromatic heterocycles. The predicted molar refractivity (Wildman–Crippen MR) is 114 cm³/mol. The molecule has 0 aromatic carbocycles. The SMILES string of the molecule is CN1CCCC1.CN1CCNCC1.CN1CCOCC1.COC(=O)OC(C)C. The Hall–Kier alpha value is -0.930. The summed E-state index contributed by atoms with van der Waals surface area (Å²) in [5.41, 5.74) is 0. The lowest BCUT2D eigenvalue weighted by Gasteiger charge is -2.21. The minimum Gasteiger partial charge on any atom is -0.438 e. The largest absolute Gasteiger partial charge is 0.508 e. The molecule has 0 atom stereocenters. The molecule has 0 saturated carbocycles. The molecular weight excluding hydrogens is 360 g/mol. The molecule has 28 heavy (non-hydrogen) atoms. The van der Waals surface area contributed by atoms with Crippen LogP contribution in [-0.2, 0) is 14.2 Å². The standard InChI is InChI=1S/C5H12N2.C5H11NO.C5H11N.C5H10O3/c1-7-4-2-6-3-5-7;1-6-2-4-7-5-3-6;1-6-4-2-3-5-6;1-4(2)8-5(6)7-3/h6H,2-5H2,1H3;2-5H2,1H3;2-5H2,1H3;4H,1-3H3. The first-order chi connectivity index (χ1) is 13.3. The molecule has 3 rings (SSSR count). The first-order valence-electron chi connectivity index (χ1n) is 10.4. The highest BCUT2D eigenvalue weighted by Crippen LogP contribution is 2.02. The van der Waals surface area contributed by atoms with Crippen LogP contribution in [0.5, 0.6) is 0 Å². The molecule has 0 radical (unpaired) electrons. The van der Waals surface area contributed by atoms with Gasteiger partial charge in [-0.3, -0.25) is 0 Å². The number of likely N-dealkylation sites (tertiary alicyclic amines) is 1. The predicted octanol–water partition coefficient (Wildman–Crippen LogP) is 1.36. The van der Waals surface area contributed by atoms with Crippen molar-refractivity contribution in [2.24, 2.45) is 0 Å². The number of nitrogens with zero attached hydrogens (tertiary/aromatic N) is 3. The molecule has 0 spiro atoms. The van der Waals surface area contributed by atoms with Crippen molar-refractivity contribution in [3.05, 3.63) is 0 Å². The van der Waals surface area contributed by atoms with Crippen LogP contribution in [0.15, 0.2) is 0 Å². The molecule has 0 aliphatic carbocycles. The van der Waals surface area contributed by atoms with Crippen LogP contribution in [0, 0.1) is 0 Å². The topological polar surface area (TPSA) is 66.5 Å². The number of piperazine rings is 1. The minimum atomic E-state index is -0.625. The van der Waals surface area contributed by atoms with Crippen molar-refractivity contribution in [1.29, 1.82) is 0 Å². The van der Waals surface area contributed by atoms with Gasteiger partial charge in [0, 0.05) is 39.3 Å². The zero-order valence-electron chi connectivity index (χ0n) is 19.0. The van der Waals surface area contributed by atoms with Gasteiger partial charge >= 0.3 is 6.16 Å². The smallest absolute Gasteiger partial charge is 0.438 e. The van der Waals surface area contributed by atoms with Crippen molar-refractivity contribution in [3.8, 4) is 0 Å². The molecule has 3 aliphatic heterocycles. The molecule has 1 N–H and O–H groups in total. The minimum absolute atomic E-state index is 0.0950. The van der Waals surface area contributed by atoms with Crippen LogP contribution in [0.3, 0.4) is 0 Å². The molecule has 0 unspecified atom stereocenters. The maximum absolute atomic E-state index is 10.2. The lowest BCUT2D eigenvalue weighted by Crippen LogP contribution is -2.40. The molecule has 3 heterocycles. The van der Waals surface area contributed by atoms with Crippen molar-refractivity contribution in [2.75, 3.05) is 93.8 Å². The summed E-state index contributed by atoms with van der Waals surface area (Å²) in [5.74, 6) is 0. The highest BCUT2D eigenvalue weighted by atomic mass is 16.7. The Kier molecular flexibility index (Phi) is 17.5. The van der Waals surface area contributed by atoms with Crippen LogP contribution in [0.2, 0.25) is 0 Å². The van der Waals surface area contributed by atoms with Crippen LogP contribution in [0.4, 0.5) is 4.79 Å². The number of carbonyl (C=O) groups is 1. The average Bonchev–Trinajstić information content (AvgIpc) is 3.15. The van der Waals surface area contributed by atoms with Gasteiger partial charge in [0.15, 0.2) is 0 Å². The zero-order chi connectivity index (χ0) is 21.2. The molecule has 3 aliphatic rings. The van der Waals surface area contributed by atoms with E-state index in [1.807, 2.05) is 0 Å². The molecule has 3 saturated heterocycles. The van der Waals surface area contributed by atoms with Gasteiger partial charge in [0.1, 0.15) is 0 Å². The molecule has 3 fully saturated rings. The van der Waals surface area contributed by atoms with Crippen molar-refractivity contribution in [3.63, 3.8) is 0 Å². The van der Waals surface area contributed by atoms with Crippen molar-refractivity contribution < 1.29 is 19.0 Å². The van der Waals surface area contributed by atoms with Gasteiger partial charge in [-0.1, -0.05) is 0 Å². The Morgan fingerprint density at radius 1 is 0.857 bits per heavy atom. The second-order valence-electron chi connectivity index (χ2n) is 7.60. The van der Waals surface area contributed by atoms with Crippen LogP contribution in [0.25, 0.3) is 0 Å². The number of rotatable bonds is 1. The van der Waals surface area contributed by atoms with Crippen LogP contribution in [0.1, 0.15) is 26.7 Å². The van der Waals surface area contributed by atoms with Gasteiger partial charge in [-0.05, 0) is 60.9 Å². The van der Waals surface area contributed by atoms with E-state index in [1.54, 1.807) is 13.8 Å². The van der Waals surface area contributed by atoms with E-state index < -0.39 is 6.16 Å². The monoisotopic (exact) mass is 404 g/mol. The summed E-state index contributed by atoms with van der Waals surface area (Å²) in [4.78, 5) is 17.1. The Morgan fingerprint density at radius 3 is 1.54 bits per heavy atom. The number of likely N-dealkylation sites (N-methyl/N-ethyl adjacent to an activating group) is 2. The van der Waals surface area contributed by atoms with E-state index in [2.05, 4.69) is 50.6 Å². The van der Waals surface area contributed by atoms with Crippen molar-refractivity contribution in [2.45, 2.75) is 32.8 Å². The number of methoxy groups -OCH3 is 1. The Morgan fingerprint density at radius 2 is 1.32 bits per heavy atom. The summed E-state index contributed by atoms with van der Waals surface area (Å²) in [6.45, 7) is 14.9. The number of hydrogen-bond donors (Lipinski definition) is 1. The van der Waals surface area contributed by atoms with Gasteiger partial charge in [-0.2, -0.15) is 0 Å². The molecular formula is C20H44N4O4. The summed E-state index contributed by atoms with van der Waals surface area (Å²) in [6, 6.07) is 0. The number of ether oxygens (including phenoxy) is 3. The third kappa shape index (κ3) is 18.4. The van der Waals surface area contributed by atoms with E-state index in [9.17, 15) is 4.79 Å². The summed E-state index contributed by atoms with van der Waals surface area (Å²) >= 11 is 0. The van der Waals surface area contributed by atoms with E-state index in [4.69, 9.17) is 4.74 Å². The van der Waals surface area contributed by atoms with Gasteiger partial charge in [0.25, 0.3) is 0 Å². The third-order valence-electron chi connectivity index (χ3n) is 4.40. The fourth-order valence-corrected chi connectivity index (χ4v) is 2.55. The number of morpholine rings is 1. The lowest BCUT2D eigenvalue weighted by atomic mass is 10.4. The van der Waals surface area contributed by atoms with Crippen LogP contribution in [-0.4, -0.2) is 121 Å². The zero-order valence-corrected chi connectivity index (χ0v) is 19.0. The third-order valence-corrected chi connectivity index (χ3v) is 4.40. The van der Waals surface area contributed by atoms with Gasteiger partial charge in [0.2, 0.25) is 0 Å². The van der Waals surface area contributed by atoms with Gasteiger partial charge in [0.05, 0.1) is 26.4 Å². The number of nitrogens with one attached hydrogen (secondary N) is 1. The quantitative estimate of drug-likeness (QED) is 0.657. The molecule has 0 bridgehead atoms. The molecule has 8 heteroatoms. The molecule has 0 amide bonds. The van der Waals surface area contributed by atoms with E-state index >= 15 is 0 Å². The molecule has 8 nitrogen and oxygen atoms in total. The molecule has 0 aromatic rings. The molecule has 168 valence electrons. The Labute approximate surface area is 172 Å². The lowest BCUT2D eigenvalue weighted by molar-refractivity contribution is 0.0495. The Bertz CT molecular complexity index is 338. The van der Waals surface area contributed by atoms with E-state index in [1.165, 1.54) is 46.1 Å². The van der Waals surface area contributed by atoms with E-state index in [0.717, 1.165) is 39.4 Å². The summed E-state index contributed by atoms with van der Waals surface area (Å²) in [6.07, 6.45) is 2.11. The average molecular weight is 405 g/mol. The number of hydrogen-bond acceptors (Lipinski definition) is 8. The van der Waals surface area contributed by atoms with E-state index in [-0.39, 0.29) is 6.10 Å². The van der Waals surface area contributed by atoms with Gasteiger partial charge < -0.3 is 34.2 Å². The first-order valence-corrected chi connectivity index (χ1v) is 10.4. The Balaban J connectivity index is 0.000000348. The summed E-state index contributed by atoms with van der Waals surface area (Å²) < 4.78 is 13.8. The second-order valence-corrected chi connectivity index (χ2v) is 7.60. The highest BCUT2D eigenvalue weighted by molar-refractivity contribution is 5.59. The summed E-state index contributed by atoms with van der Waals surface area (Å²) in [5, 5.41) is 3.27. The normalized spacial score (nSPS) is 20.7. The van der Waals surface area contributed by atoms with Crippen molar-refractivity contribution >= 4 is 6.16 Å². The maximum Gasteiger partial charge on any atom is 0.508 e. The summed E-state index contributed by atoms with van der Waals surface area (Å²) in [7, 11) is 7.72. The second kappa shape index (κ2) is 18.1.